The standard InChI is InChI=1S/C11H13ClN2/c12-11(9-4-2-1-3-5-9)10-6-7-13-14-8-10/h1-5,13-14H,6-8H2. The van der Waals surface area contributed by atoms with Crippen LogP contribution in [-0.4, -0.2) is 13.1 Å². The normalized spacial score (nSPS) is 20.6. The summed E-state index contributed by atoms with van der Waals surface area (Å²) in [6.07, 6.45) is 1.01. The van der Waals surface area contributed by atoms with E-state index in [1.54, 1.807) is 0 Å². The Balaban J connectivity index is 2.25. The summed E-state index contributed by atoms with van der Waals surface area (Å²) in [5, 5.41) is 0.889. The Hall–Kier alpha value is -0.830. The molecule has 2 nitrogen and oxygen atoms in total. The highest BCUT2D eigenvalue weighted by molar-refractivity contribution is 6.49. The van der Waals surface area contributed by atoms with E-state index in [9.17, 15) is 0 Å². The second-order valence-corrected chi connectivity index (χ2v) is 3.69. The number of benzene rings is 1. The van der Waals surface area contributed by atoms with Gasteiger partial charge in [-0.3, -0.25) is 10.9 Å². The third-order valence-electron chi connectivity index (χ3n) is 2.32. The van der Waals surface area contributed by atoms with E-state index in [1.165, 1.54) is 5.57 Å². The smallest absolute Gasteiger partial charge is 0.0484 e. The number of hydrogen-bond acceptors (Lipinski definition) is 2. The van der Waals surface area contributed by atoms with Crippen molar-refractivity contribution in [3.05, 3.63) is 41.5 Å². The second-order valence-electron chi connectivity index (χ2n) is 3.31. The molecular weight excluding hydrogens is 196 g/mol. The molecule has 0 saturated carbocycles. The molecule has 74 valence electrons. The summed E-state index contributed by atoms with van der Waals surface area (Å²) < 4.78 is 0. The highest BCUT2D eigenvalue weighted by Gasteiger charge is 2.09. The molecular formula is C11H13ClN2. The van der Waals surface area contributed by atoms with E-state index in [2.05, 4.69) is 10.9 Å². The zero-order valence-electron chi connectivity index (χ0n) is 7.89. The molecule has 0 unspecified atom stereocenters. The summed E-state index contributed by atoms with van der Waals surface area (Å²) in [6.45, 7) is 1.77. The topological polar surface area (TPSA) is 24.1 Å². The molecule has 1 aromatic carbocycles. The van der Waals surface area contributed by atoms with E-state index < -0.39 is 0 Å². The third kappa shape index (κ3) is 2.15. The molecule has 0 bridgehead atoms. The van der Waals surface area contributed by atoms with Crippen molar-refractivity contribution in [1.82, 2.24) is 10.9 Å². The van der Waals surface area contributed by atoms with E-state index in [1.807, 2.05) is 30.3 Å². The molecule has 14 heavy (non-hydrogen) atoms. The van der Waals surface area contributed by atoms with Gasteiger partial charge in [0.2, 0.25) is 0 Å². The van der Waals surface area contributed by atoms with Crippen molar-refractivity contribution in [2.24, 2.45) is 0 Å². The fourth-order valence-corrected chi connectivity index (χ4v) is 1.82. The largest absolute Gasteiger partial charge is 0.257 e. The quantitative estimate of drug-likeness (QED) is 0.739. The lowest BCUT2D eigenvalue weighted by Crippen LogP contribution is -2.39. The minimum absolute atomic E-state index is 0.827. The van der Waals surface area contributed by atoms with Crippen LogP contribution in [0.2, 0.25) is 0 Å². The van der Waals surface area contributed by atoms with Gasteiger partial charge in [-0.2, -0.15) is 0 Å². The van der Waals surface area contributed by atoms with Gasteiger partial charge in [0.25, 0.3) is 0 Å². The summed E-state index contributed by atoms with van der Waals surface area (Å²) in [4.78, 5) is 0. The summed E-state index contributed by atoms with van der Waals surface area (Å²) in [7, 11) is 0. The van der Waals surface area contributed by atoms with Gasteiger partial charge in [-0.1, -0.05) is 41.9 Å². The maximum atomic E-state index is 6.30. The summed E-state index contributed by atoms with van der Waals surface area (Å²) in [6, 6.07) is 10.1. The zero-order chi connectivity index (χ0) is 9.80. The molecule has 1 fully saturated rings. The van der Waals surface area contributed by atoms with Crippen molar-refractivity contribution in [2.75, 3.05) is 13.1 Å². The van der Waals surface area contributed by atoms with Gasteiger partial charge in [-0.15, -0.1) is 0 Å². The van der Waals surface area contributed by atoms with E-state index in [0.29, 0.717) is 0 Å². The lowest BCUT2D eigenvalue weighted by Gasteiger charge is -2.18. The first-order chi connectivity index (χ1) is 6.88. The van der Waals surface area contributed by atoms with Crippen LogP contribution in [0.4, 0.5) is 0 Å². The first-order valence-electron chi connectivity index (χ1n) is 4.76. The summed E-state index contributed by atoms with van der Waals surface area (Å²) >= 11 is 6.30. The minimum atomic E-state index is 0.827. The molecule has 3 heteroatoms. The first-order valence-corrected chi connectivity index (χ1v) is 5.14. The lowest BCUT2D eigenvalue weighted by molar-refractivity contribution is 0.510. The van der Waals surface area contributed by atoms with Crippen LogP contribution in [-0.2, 0) is 0 Å². The molecule has 2 rings (SSSR count). The van der Waals surface area contributed by atoms with Gasteiger partial charge >= 0.3 is 0 Å². The fourth-order valence-electron chi connectivity index (χ4n) is 1.54. The Bertz CT molecular complexity index is 324. The number of hydrazine groups is 1. The fraction of sp³-hybridized carbons (Fsp3) is 0.273. The third-order valence-corrected chi connectivity index (χ3v) is 2.80. The Kier molecular flexibility index (Phi) is 3.19. The Morgan fingerprint density at radius 1 is 1.14 bits per heavy atom. The number of rotatable bonds is 1. The van der Waals surface area contributed by atoms with Gasteiger partial charge in [0.05, 0.1) is 0 Å². The predicted molar refractivity (Wildman–Crippen MR) is 59.8 cm³/mol. The van der Waals surface area contributed by atoms with Crippen LogP contribution < -0.4 is 10.9 Å². The van der Waals surface area contributed by atoms with Crippen molar-refractivity contribution >= 4 is 16.6 Å². The average Bonchev–Trinajstić information content (AvgIpc) is 2.30. The molecule has 0 radical (unpaired) electrons. The van der Waals surface area contributed by atoms with Gasteiger partial charge < -0.3 is 0 Å². The Morgan fingerprint density at radius 2 is 1.93 bits per heavy atom. The molecule has 0 atom stereocenters. The van der Waals surface area contributed by atoms with Crippen LogP contribution in [0.15, 0.2) is 35.9 Å². The van der Waals surface area contributed by atoms with E-state index in [4.69, 9.17) is 11.6 Å². The number of nitrogens with one attached hydrogen (secondary N) is 2. The highest BCUT2D eigenvalue weighted by Crippen LogP contribution is 2.24. The van der Waals surface area contributed by atoms with Crippen molar-refractivity contribution < 1.29 is 0 Å². The molecule has 0 aliphatic carbocycles. The van der Waals surface area contributed by atoms with Gasteiger partial charge in [0.1, 0.15) is 0 Å². The van der Waals surface area contributed by atoms with Crippen LogP contribution in [0.25, 0.3) is 5.03 Å². The zero-order valence-corrected chi connectivity index (χ0v) is 8.64. The number of hydrogen-bond donors (Lipinski definition) is 2. The summed E-state index contributed by atoms with van der Waals surface area (Å²) in [5.74, 6) is 0. The van der Waals surface area contributed by atoms with Gasteiger partial charge in [-0.25, -0.2) is 0 Å². The average molecular weight is 209 g/mol. The van der Waals surface area contributed by atoms with E-state index in [0.717, 1.165) is 30.1 Å². The van der Waals surface area contributed by atoms with Crippen LogP contribution in [0.3, 0.4) is 0 Å². The maximum absolute atomic E-state index is 6.30. The Morgan fingerprint density at radius 3 is 2.57 bits per heavy atom. The highest BCUT2D eigenvalue weighted by atomic mass is 35.5. The SMILES string of the molecule is ClC(=C1CCNNC1)c1ccccc1. The van der Waals surface area contributed by atoms with Crippen molar-refractivity contribution in [3.63, 3.8) is 0 Å². The van der Waals surface area contributed by atoms with Gasteiger partial charge in [0, 0.05) is 18.1 Å². The Labute approximate surface area is 88.9 Å². The molecule has 0 spiro atoms. The lowest BCUT2D eigenvalue weighted by atomic mass is 10.1. The molecule has 0 amide bonds. The molecule has 1 aliphatic heterocycles. The molecule has 1 aliphatic rings. The first kappa shape index (κ1) is 9.71. The predicted octanol–water partition coefficient (Wildman–Crippen LogP) is 2.13. The minimum Gasteiger partial charge on any atom is -0.257 e. The van der Waals surface area contributed by atoms with Gasteiger partial charge in [-0.05, 0) is 17.6 Å². The van der Waals surface area contributed by atoms with Crippen molar-refractivity contribution in [3.8, 4) is 0 Å². The molecule has 2 N–H and O–H groups in total. The van der Waals surface area contributed by atoms with E-state index >= 15 is 0 Å². The molecule has 1 heterocycles. The molecule has 1 saturated heterocycles. The molecule has 1 aromatic rings. The maximum Gasteiger partial charge on any atom is 0.0484 e. The molecule has 0 aromatic heterocycles. The van der Waals surface area contributed by atoms with Crippen LogP contribution in [0, 0.1) is 0 Å². The monoisotopic (exact) mass is 208 g/mol. The van der Waals surface area contributed by atoms with Crippen molar-refractivity contribution in [2.45, 2.75) is 6.42 Å². The number of halogens is 1. The van der Waals surface area contributed by atoms with Crippen molar-refractivity contribution in [1.29, 1.82) is 0 Å². The van der Waals surface area contributed by atoms with Gasteiger partial charge in [0.15, 0.2) is 0 Å². The van der Waals surface area contributed by atoms with Crippen LogP contribution >= 0.6 is 11.6 Å². The van der Waals surface area contributed by atoms with Crippen LogP contribution in [0.5, 0.6) is 0 Å². The van der Waals surface area contributed by atoms with Crippen LogP contribution in [0.1, 0.15) is 12.0 Å². The van der Waals surface area contributed by atoms with E-state index in [-0.39, 0.29) is 0 Å². The summed E-state index contributed by atoms with van der Waals surface area (Å²) in [5.41, 5.74) is 8.55. The second kappa shape index (κ2) is 4.60.